The average molecular weight is 256 g/mol. The molecule has 1 aromatic carbocycles. The SMILES string of the molecule is O=C(c1ccccc1)C12CC3CC(CC(C3)C1O)C2. The summed E-state index contributed by atoms with van der Waals surface area (Å²) in [4.78, 5) is 12.9. The van der Waals surface area contributed by atoms with Crippen molar-refractivity contribution in [2.24, 2.45) is 23.2 Å². The van der Waals surface area contributed by atoms with Crippen LogP contribution in [0.1, 0.15) is 42.5 Å². The molecule has 5 rings (SSSR count). The molecule has 4 bridgehead atoms. The molecular weight excluding hydrogens is 236 g/mol. The topological polar surface area (TPSA) is 37.3 Å². The predicted molar refractivity (Wildman–Crippen MR) is 72.8 cm³/mol. The smallest absolute Gasteiger partial charge is 0.171 e. The Morgan fingerprint density at radius 1 is 1.05 bits per heavy atom. The number of aliphatic hydroxyl groups excluding tert-OH is 1. The Hall–Kier alpha value is -1.15. The van der Waals surface area contributed by atoms with E-state index in [1.165, 1.54) is 6.42 Å². The molecule has 0 aliphatic heterocycles. The summed E-state index contributed by atoms with van der Waals surface area (Å²) in [6, 6.07) is 9.56. The van der Waals surface area contributed by atoms with E-state index in [9.17, 15) is 9.90 Å². The average Bonchev–Trinajstić information content (AvgIpc) is 2.44. The third-order valence-electron chi connectivity index (χ3n) is 5.75. The molecule has 4 aliphatic rings. The van der Waals surface area contributed by atoms with Crippen LogP contribution in [-0.4, -0.2) is 17.0 Å². The molecule has 19 heavy (non-hydrogen) atoms. The lowest BCUT2D eigenvalue weighted by Crippen LogP contribution is -2.59. The van der Waals surface area contributed by atoms with Gasteiger partial charge in [0.05, 0.1) is 11.5 Å². The van der Waals surface area contributed by atoms with Gasteiger partial charge in [0.25, 0.3) is 0 Å². The molecule has 2 nitrogen and oxygen atoms in total. The van der Waals surface area contributed by atoms with E-state index in [1.54, 1.807) is 0 Å². The fraction of sp³-hybridized carbons (Fsp3) is 0.588. The molecule has 4 aliphatic carbocycles. The van der Waals surface area contributed by atoms with Crippen LogP contribution in [-0.2, 0) is 0 Å². The Balaban J connectivity index is 1.74. The quantitative estimate of drug-likeness (QED) is 0.826. The van der Waals surface area contributed by atoms with Crippen molar-refractivity contribution >= 4 is 5.78 Å². The highest BCUT2D eigenvalue weighted by atomic mass is 16.3. The van der Waals surface area contributed by atoms with Gasteiger partial charge in [-0.25, -0.2) is 0 Å². The Morgan fingerprint density at radius 2 is 1.68 bits per heavy atom. The van der Waals surface area contributed by atoms with Crippen molar-refractivity contribution in [1.82, 2.24) is 0 Å². The monoisotopic (exact) mass is 256 g/mol. The summed E-state index contributed by atoms with van der Waals surface area (Å²) in [5.74, 6) is 1.92. The van der Waals surface area contributed by atoms with E-state index in [4.69, 9.17) is 0 Å². The van der Waals surface area contributed by atoms with Gasteiger partial charge in [0.2, 0.25) is 0 Å². The summed E-state index contributed by atoms with van der Waals surface area (Å²) >= 11 is 0. The molecule has 0 saturated heterocycles. The number of aliphatic hydroxyl groups is 1. The molecule has 3 atom stereocenters. The summed E-state index contributed by atoms with van der Waals surface area (Å²) in [5.41, 5.74) is 0.319. The number of carbonyl (C=O) groups excluding carboxylic acids is 1. The van der Waals surface area contributed by atoms with E-state index in [0.29, 0.717) is 17.8 Å². The second-order valence-corrected chi connectivity index (χ2v) is 6.90. The minimum Gasteiger partial charge on any atom is -0.392 e. The van der Waals surface area contributed by atoms with Crippen LogP contribution in [0, 0.1) is 23.2 Å². The van der Waals surface area contributed by atoms with Crippen LogP contribution in [0.4, 0.5) is 0 Å². The van der Waals surface area contributed by atoms with Gasteiger partial charge in [-0.3, -0.25) is 4.79 Å². The van der Waals surface area contributed by atoms with Crippen LogP contribution >= 0.6 is 0 Å². The van der Waals surface area contributed by atoms with Crippen LogP contribution in [0.2, 0.25) is 0 Å². The predicted octanol–water partition coefficient (Wildman–Crippen LogP) is 3.06. The second-order valence-electron chi connectivity index (χ2n) is 6.90. The van der Waals surface area contributed by atoms with Gasteiger partial charge >= 0.3 is 0 Å². The number of Topliss-reactive ketones (excluding diaryl/α,β-unsaturated/α-hetero) is 1. The lowest BCUT2D eigenvalue weighted by Gasteiger charge is -2.58. The van der Waals surface area contributed by atoms with E-state index in [2.05, 4.69) is 0 Å². The third kappa shape index (κ3) is 1.56. The first-order valence-electron chi connectivity index (χ1n) is 7.47. The Labute approximate surface area is 113 Å². The molecule has 0 spiro atoms. The van der Waals surface area contributed by atoms with E-state index >= 15 is 0 Å². The van der Waals surface area contributed by atoms with Crippen LogP contribution in [0.25, 0.3) is 0 Å². The number of ketones is 1. The molecule has 1 N–H and O–H groups in total. The first kappa shape index (κ1) is 11.7. The van der Waals surface area contributed by atoms with E-state index in [0.717, 1.165) is 31.2 Å². The summed E-state index contributed by atoms with van der Waals surface area (Å²) in [6.45, 7) is 0. The zero-order valence-electron chi connectivity index (χ0n) is 11.1. The molecule has 3 unspecified atom stereocenters. The maximum atomic E-state index is 12.9. The van der Waals surface area contributed by atoms with E-state index in [1.807, 2.05) is 30.3 Å². The standard InChI is InChI=1S/C17H20O2/c18-15(13-4-2-1-3-5-13)17-9-11-6-12(10-17)8-14(7-11)16(17)19/h1-5,11-12,14,16,19H,6-10H2. The summed E-state index contributed by atoms with van der Waals surface area (Å²) < 4.78 is 0. The number of rotatable bonds is 2. The number of benzene rings is 1. The molecule has 0 radical (unpaired) electrons. The van der Waals surface area contributed by atoms with Crippen LogP contribution in [0.3, 0.4) is 0 Å². The lowest BCUT2D eigenvalue weighted by atomic mass is 9.46. The van der Waals surface area contributed by atoms with Crippen molar-refractivity contribution < 1.29 is 9.90 Å². The fourth-order valence-corrected chi connectivity index (χ4v) is 5.21. The van der Waals surface area contributed by atoms with Crippen LogP contribution in [0.5, 0.6) is 0 Å². The van der Waals surface area contributed by atoms with Crippen molar-refractivity contribution in [3.8, 4) is 0 Å². The first-order valence-corrected chi connectivity index (χ1v) is 7.47. The highest BCUT2D eigenvalue weighted by Crippen LogP contribution is 2.60. The van der Waals surface area contributed by atoms with Crippen molar-refractivity contribution in [3.05, 3.63) is 35.9 Å². The summed E-state index contributed by atoms with van der Waals surface area (Å²) in [5, 5.41) is 10.7. The maximum Gasteiger partial charge on any atom is 0.171 e. The Morgan fingerprint density at radius 3 is 2.32 bits per heavy atom. The molecule has 4 saturated carbocycles. The van der Waals surface area contributed by atoms with Gasteiger partial charge < -0.3 is 5.11 Å². The summed E-state index contributed by atoms with van der Waals surface area (Å²) in [6.07, 6.45) is 4.98. The van der Waals surface area contributed by atoms with E-state index in [-0.39, 0.29) is 5.78 Å². The highest BCUT2D eigenvalue weighted by Gasteiger charge is 2.60. The normalized spacial score (nSPS) is 43.4. The first-order chi connectivity index (χ1) is 9.19. The highest BCUT2D eigenvalue weighted by molar-refractivity contribution is 6.01. The van der Waals surface area contributed by atoms with Gasteiger partial charge in [-0.2, -0.15) is 0 Å². The van der Waals surface area contributed by atoms with Gasteiger partial charge in [0.1, 0.15) is 0 Å². The molecular formula is C17H20O2. The van der Waals surface area contributed by atoms with Crippen LogP contribution < -0.4 is 0 Å². The molecule has 100 valence electrons. The van der Waals surface area contributed by atoms with Crippen LogP contribution in [0.15, 0.2) is 30.3 Å². The molecule has 0 aromatic heterocycles. The van der Waals surface area contributed by atoms with Crippen molar-refractivity contribution in [2.45, 2.75) is 38.2 Å². The molecule has 0 amide bonds. The van der Waals surface area contributed by atoms with Gasteiger partial charge in [-0.05, 0) is 49.9 Å². The fourth-order valence-electron chi connectivity index (χ4n) is 5.21. The number of hydrogen-bond donors (Lipinski definition) is 1. The Kier molecular flexibility index (Phi) is 2.41. The number of carbonyl (C=O) groups is 1. The molecule has 1 aromatic rings. The minimum absolute atomic E-state index is 0.194. The zero-order chi connectivity index (χ0) is 13.0. The zero-order valence-corrected chi connectivity index (χ0v) is 11.1. The van der Waals surface area contributed by atoms with Gasteiger partial charge in [-0.15, -0.1) is 0 Å². The van der Waals surface area contributed by atoms with Gasteiger partial charge in [0, 0.05) is 5.56 Å². The molecule has 4 fully saturated rings. The third-order valence-corrected chi connectivity index (χ3v) is 5.75. The van der Waals surface area contributed by atoms with Gasteiger partial charge in [0.15, 0.2) is 5.78 Å². The summed E-state index contributed by atoms with van der Waals surface area (Å²) in [7, 11) is 0. The number of hydrogen-bond acceptors (Lipinski definition) is 2. The second kappa shape index (κ2) is 3.92. The van der Waals surface area contributed by atoms with Crippen molar-refractivity contribution in [3.63, 3.8) is 0 Å². The largest absolute Gasteiger partial charge is 0.392 e. The maximum absolute atomic E-state index is 12.9. The van der Waals surface area contributed by atoms with Crippen molar-refractivity contribution in [2.75, 3.05) is 0 Å². The molecule has 0 heterocycles. The Bertz CT molecular complexity index is 493. The van der Waals surface area contributed by atoms with Gasteiger partial charge in [-0.1, -0.05) is 30.3 Å². The van der Waals surface area contributed by atoms with Crippen molar-refractivity contribution in [1.29, 1.82) is 0 Å². The van der Waals surface area contributed by atoms with E-state index < -0.39 is 11.5 Å². The molecule has 2 heteroatoms. The minimum atomic E-state index is -0.462. The lowest BCUT2D eigenvalue weighted by molar-refractivity contribution is -0.132.